The first-order valence-electron chi connectivity index (χ1n) is 5.39. The van der Waals surface area contributed by atoms with Crippen molar-refractivity contribution in [2.45, 2.75) is 17.9 Å². The molecule has 1 aromatic rings. The van der Waals surface area contributed by atoms with Crippen LogP contribution in [0.3, 0.4) is 0 Å². The second-order valence-corrected chi connectivity index (χ2v) is 4.99. The third-order valence-electron chi connectivity index (χ3n) is 2.63. The highest BCUT2D eigenvalue weighted by Gasteiger charge is 2.13. The summed E-state index contributed by atoms with van der Waals surface area (Å²) < 4.78 is 0. The number of piperidine rings is 1. The second kappa shape index (κ2) is 5.37. The SMILES string of the molecule is Nc1ccc(SCC2CCCNC2)nc1. The highest BCUT2D eigenvalue weighted by atomic mass is 32.2. The van der Waals surface area contributed by atoms with Crippen molar-refractivity contribution in [2.24, 2.45) is 5.92 Å². The van der Waals surface area contributed by atoms with Gasteiger partial charge >= 0.3 is 0 Å². The minimum absolute atomic E-state index is 0.735. The molecule has 1 aliphatic heterocycles. The van der Waals surface area contributed by atoms with E-state index < -0.39 is 0 Å². The van der Waals surface area contributed by atoms with Crippen LogP contribution >= 0.6 is 11.8 Å². The first-order chi connectivity index (χ1) is 7.34. The Morgan fingerprint density at radius 1 is 1.53 bits per heavy atom. The standard InChI is InChI=1S/C11H17N3S/c12-10-3-4-11(14-7-10)15-8-9-2-1-5-13-6-9/h3-4,7,9,13H,1-2,5-6,8,12H2. The largest absolute Gasteiger partial charge is 0.397 e. The Morgan fingerprint density at radius 2 is 2.47 bits per heavy atom. The van der Waals surface area contributed by atoms with Crippen LogP contribution in [0.5, 0.6) is 0 Å². The van der Waals surface area contributed by atoms with Crippen LogP contribution in [0.1, 0.15) is 12.8 Å². The number of rotatable bonds is 3. The minimum Gasteiger partial charge on any atom is -0.397 e. The van der Waals surface area contributed by atoms with Crippen LogP contribution in [0.2, 0.25) is 0 Å². The van der Waals surface area contributed by atoms with Gasteiger partial charge in [-0.3, -0.25) is 0 Å². The molecule has 2 heterocycles. The first-order valence-corrected chi connectivity index (χ1v) is 6.38. The Morgan fingerprint density at radius 3 is 3.13 bits per heavy atom. The van der Waals surface area contributed by atoms with Gasteiger partial charge in [0, 0.05) is 5.75 Å². The summed E-state index contributed by atoms with van der Waals surface area (Å²) in [6.45, 7) is 2.34. The number of nitrogens with zero attached hydrogens (tertiary/aromatic N) is 1. The van der Waals surface area contributed by atoms with E-state index in [0.717, 1.165) is 28.9 Å². The summed E-state index contributed by atoms with van der Waals surface area (Å²) in [4.78, 5) is 4.28. The molecule has 1 fully saturated rings. The van der Waals surface area contributed by atoms with Gasteiger partial charge in [0.05, 0.1) is 16.9 Å². The smallest absolute Gasteiger partial charge is 0.0961 e. The molecule has 2 rings (SSSR count). The van der Waals surface area contributed by atoms with E-state index in [2.05, 4.69) is 10.3 Å². The molecule has 1 unspecified atom stereocenters. The summed E-state index contributed by atoms with van der Waals surface area (Å²) in [5.74, 6) is 1.95. The van der Waals surface area contributed by atoms with E-state index in [1.807, 2.05) is 23.9 Å². The Hall–Kier alpha value is -0.740. The molecule has 1 saturated heterocycles. The van der Waals surface area contributed by atoms with Crippen molar-refractivity contribution < 1.29 is 0 Å². The normalized spacial score (nSPS) is 21.5. The third-order valence-corrected chi connectivity index (χ3v) is 3.80. The van der Waals surface area contributed by atoms with E-state index in [9.17, 15) is 0 Å². The average molecular weight is 223 g/mol. The molecule has 0 radical (unpaired) electrons. The van der Waals surface area contributed by atoms with Gasteiger partial charge in [0.15, 0.2) is 0 Å². The van der Waals surface area contributed by atoms with Crippen LogP contribution < -0.4 is 11.1 Å². The Labute approximate surface area is 94.8 Å². The van der Waals surface area contributed by atoms with Gasteiger partial charge in [0.2, 0.25) is 0 Å². The lowest BCUT2D eigenvalue weighted by molar-refractivity contribution is 0.410. The number of hydrogen-bond acceptors (Lipinski definition) is 4. The van der Waals surface area contributed by atoms with Crippen molar-refractivity contribution in [3.63, 3.8) is 0 Å². The summed E-state index contributed by atoms with van der Waals surface area (Å²) in [6.07, 6.45) is 4.37. The van der Waals surface area contributed by atoms with Crippen molar-refractivity contribution in [1.29, 1.82) is 0 Å². The number of nitrogens with two attached hydrogens (primary N) is 1. The molecule has 0 aromatic carbocycles. The molecule has 82 valence electrons. The van der Waals surface area contributed by atoms with Gasteiger partial charge in [0.1, 0.15) is 0 Å². The fourth-order valence-corrected chi connectivity index (χ4v) is 2.73. The van der Waals surface area contributed by atoms with Crippen LogP contribution in [0.25, 0.3) is 0 Å². The van der Waals surface area contributed by atoms with Gasteiger partial charge in [0.25, 0.3) is 0 Å². The number of thioether (sulfide) groups is 1. The molecule has 0 saturated carbocycles. The molecule has 1 aliphatic rings. The van der Waals surface area contributed by atoms with E-state index in [0.29, 0.717) is 0 Å². The molecule has 1 aromatic heterocycles. The lowest BCUT2D eigenvalue weighted by atomic mass is 10.0. The average Bonchev–Trinajstić information content (AvgIpc) is 2.30. The zero-order valence-corrected chi connectivity index (χ0v) is 9.59. The van der Waals surface area contributed by atoms with Crippen LogP contribution in [0.15, 0.2) is 23.4 Å². The van der Waals surface area contributed by atoms with Crippen molar-refractivity contribution in [1.82, 2.24) is 10.3 Å². The molecule has 3 nitrogen and oxygen atoms in total. The molecular weight excluding hydrogens is 206 g/mol. The molecule has 0 bridgehead atoms. The molecule has 1 atom stereocenters. The predicted molar refractivity (Wildman–Crippen MR) is 65.0 cm³/mol. The van der Waals surface area contributed by atoms with Gasteiger partial charge in [-0.1, -0.05) is 0 Å². The van der Waals surface area contributed by atoms with Crippen LogP contribution in [0.4, 0.5) is 5.69 Å². The Balaban J connectivity index is 1.79. The van der Waals surface area contributed by atoms with Crippen LogP contribution in [-0.2, 0) is 0 Å². The second-order valence-electron chi connectivity index (χ2n) is 3.95. The van der Waals surface area contributed by atoms with E-state index in [1.54, 1.807) is 6.20 Å². The highest BCUT2D eigenvalue weighted by Crippen LogP contribution is 2.22. The Kier molecular flexibility index (Phi) is 3.86. The molecule has 0 spiro atoms. The van der Waals surface area contributed by atoms with Crippen molar-refractivity contribution >= 4 is 17.4 Å². The molecule has 0 amide bonds. The topological polar surface area (TPSA) is 50.9 Å². The fourth-order valence-electron chi connectivity index (χ4n) is 1.75. The first kappa shape index (κ1) is 10.8. The van der Waals surface area contributed by atoms with Gasteiger partial charge in [-0.25, -0.2) is 4.98 Å². The lowest BCUT2D eigenvalue weighted by Crippen LogP contribution is -2.30. The van der Waals surface area contributed by atoms with Gasteiger partial charge in [-0.15, -0.1) is 11.8 Å². The number of nitrogens with one attached hydrogen (secondary N) is 1. The predicted octanol–water partition coefficient (Wildman–Crippen LogP) is 1.76. The molecular formula is C11H17N3S. The molecule has 3 N–H and O–H groups in total. The van der Waals surface area contributed by atoms with Crippen LogP contribution in [-0.4, -0.2) is 23.8 Å². The number of anilines is 1. The van der Waals surface area contributed by atoms with Crippen molar-refractivity contribution in [3.05, 3.63) is 18.3 Å². The fraction of sp³-hybridized carbons (Fsp3) is 0.545. The van der Waals surface area contributed by atoms with E-state index in [-0.39, 0.29) is 0 Å². The maximum absolute atomic E-state index is 5.58. The number of hydrogen-bond donors (Lipinski definition) is 2. The van der Waals surface area contributed by atoms with Crippen LogP contribution in [0, 0.1) is 5.92 Å². The molecule has 0 aliphatic carbocycles. The van der Waals surface area contributed by atoms with Gasteiger partial charge < -0.3 is 11.1 Å². The van der Waals surface area contributed by atoms with Gasteiger partial charge in [-0.05, 0) is 44.0 Å². The Bertz CT molecular complexity index is 293. The summed E-state index contributed by atoms with van der Waals surface area (Å²) in [5.41, 5.74) is 6.32. The maximum Gasteiger partial charge on any atom is 0.0961 e. The summed E-state index contributed by atoms with van der Waals surface area (Å²) in [7, 11) is 0. The summed E-state index contributed by atoms with van der Waals surface area (Å²) >= 11 is 1.83. The summed E-state index contributed by atoms with van der Waals surface area (Å²) in [5, 5.41) is 4.50. The monoisotopic (exact) mass is 223 g/mol. The maximum atomic E-state index is 5.58. The molecule has 15 heavy (non-hydrogen) atoms. The number of pyridine rings is 1. The van der Waals surface area contributed by atoms with E-state index >= 15 is 0 Å². The van der Waals surface area contributed by atoms with Crippen molar-refractivity contribution in [3.8, 4) is 0 Å². The van der Waals surface area contributed by atoms with E-state index in [4.69, 9.17) is 5.73 Å². The third kappa shape index (κ3) is 3.39. The number of nitrogen functional groups attached to an aromatic ring is 1. The highest BCUT2D eigenvalue weighted by molar-refractivity contribution is 7.99. The van der Waals surface area contributed by atoms with Crippen molar-refractivity contribution in [2.75, 3.05) is 24.6 Å². The summed E-state index contributed by atoms with van der Waals surface area (Å²) in [6, 6.07) is 3.91. The molecule has 4 heteroatoms. The quantitative estimate of drug-likeness (QED) is 0.767. The number of aromatic nitrogens is 1. The zero-order valence-electron chi connectivity index (χ0n) is 8.78. The van der Waals surface area contributed by atoms with Gasteiger partial charge in [-0.2, -0.15) is 0 Å². The lowest BCUT2D eigenvalue weighted by Gasteiger charge is -2.21. The minimum atomic E-state index is 0.735. The van der Waals surface area contributed by atoms with E-state index in [1.165, 1.54) is 19.4 Å². The zero-order chi connectivity index (χ0) is 10.5.